The van der Waals surface area contributed by atoms with E-state index in [4.69, 9.17) is 9.72 Å². The summed E-state index contributed by atoms with van der Waals surface area (Å²) in [6.45, 7) is 5.44. The number of pyridine rings is 1. The van der Waals surface area contributed by atoms with E-state index in [0.717, 1.165) is 35.5 Å². The zero-order chi connectivity index (χ0) is 20.1. The Kier molecular flexibility index (Phi) is 6.26. The monoisotopic (exact) mass is 381 g/mol. The van der Waals surface area contributed by atoms with Gasteiger partial charge in [0.1, 0.15) is 5.82 Å². The second kappa shape index (κ2) is 8.84. The van der Waals surface area contributed by atoms with Gasteiger partial charge < -0.3 is 19.5 Å². The Morgan fingerprint density at radius 1 is 1.29 bits per heavy atom. The van der Waals surface area contributed by atoms with Crippen LogP contribution < -0.4 is 5.32 Å². The van der Waals surface area contributed by atoms with Gasteiger partial charge in [0.05, 0.1) is 29.4 Å². The minimum atomic E-state index is -0.277. The van der Waals surface area contributed by atoms with E-state index in [1.54, 1.807) is 25.3 Å². The molecule has 0 bridgehead atoms. The maximum atomic E-state index is 12.8. The van der Waals surface area contributed by atoms with Crippen LogP contribution >= 0.6 is 0 Å². The number of rotatable bonds is 7. The highest BCUT2D eigenvalue weighted by molar-refractivity contribution is 5.92. The third-order valence-electron chi connectivity index (χ3n) is 4.85. The number of aromatic nitrogens is 3. The van der Waals surface area contributed by atoms with Crippen molar-refractivity contribution in [2.45, 2.75) is 32.9 Å². The molecule has 0 radical (unpaired) electrons. The molecule has 3 aromatic rings. The molecular formula is C21H27N5O2. The van der Waals surface area contributed by atoms with E-state index in [0.29, 0.717) is 12.3 Å². The quantitative estimate of drug-likeness (QED) is 0.674. The van der Waals surface area contributed by atoms with Gasteiger partial charge in [0.2, 0.25) is 0 Å². The number of ether oxygens (including phenoxy) is 1. The highest BCUT2D eigenvalue weighted by atomic mass is 16.5. The molecule has 0 saturated carbocycles. The van der Waals surface area contributed by atoms with Gasteiger partial charge in [-0.05, 0) is 37.3 Å². The normalized spacial score (nSPS) is 12.1. The Bertz CT molecular complexity index is 939. The van der Waals surface area contributed by atoms with Crippen LogP contribution in [0, 0.1) is 0 Å². The van der Waals surface area contributed by atoms with E-state index < -0.39 is 0 Å². The fourth-order valence-electron chi connectivity index (χ4n) is 3.36. The summed E-state index contributed by atoms with van der Waals surface area (Å²) in [5, 5.41) is 2.96. The Hall–Kier alpha value is -2.93. The lowest BCUT2D eigenvalue weighted by molar-refractivity contribution is 0.119. The molecule has 0 aliphatic heterocycles. The van der Waals surface area contributed by atoms with Gasteiger partial charge in [-0.1, -0.05) is 13.0 Å². The highest BCUT2D eigenvalue weighted by Crippen LogP contribution is 2.23. The predicted molar refractivity (Wildman–Crippen MR) is 110 cm³/mol. The van der Waals surface area contributed by atoms with Gasteiger partial charge in [0, 0.05) is 39.0 Å². The lowest BCUT2D eigenvalue weighted by Gasteiger charge is -2.27. The summed E-state index contributed by atoms with van der Waals surface area (Å²) < 4.78 is 7.50. The summed E-state index contributed by atoms with van der Waals surface area (Å²) in [6, 6.07) is 11.0. The fraction of sp³-hybridized carbons (Fsp3) is 0.381. The molecule has 1 atom stereocenters. The van der Waals surface area contributed by atoms with Crippen LogP contribution in [0.25, 0.3) is 11.0 Å². The van der Waals surface area contributed by atoms with E-state index >= 15 is 0 Å². The van der Waals surface area contributed by atoms with Gasteiger partial charge >= 0.3 is 6.03 Å². The lowest BCUT2D eigenvalue weighted by Crippen LogP contribution is -2.37. The first-order valence-corrected chi connectivity index (χ1v) is 9.51. The topological polar surface area (TPSA) is 72.3 Å². The minimum Gasteiger partial charge on any atom is -0.382 e. The summed E-state index contributed by atoms with van der Waals surface area (Å²) in [6.07, 6.45) is 2.59. The number of amides is 2. The van der Waals surface area contributed by atoms with Gasteiger partial charge in [-0.25, -0.2) is 9.78 Å². The van der Waals surface area contributed by atoms with E-state index in [1.807, 2.05) is 36.4 Å². The molecular weight excluding hydrogens is 354 g/mol. The molecule has 0 aliphatic rings. The molecule has 1 aromatic carbocycles. The first-order chi connectivity index (χ1) is 13.6. The number of fused-ring (bicyclic) bond motifs is 1. The average Bonchev–Trinajstić information content (AvgIpc) is 3.09. The fourth-order valence-corrected chi connectivity index (χ4v) is 3.36. The molecule has 2 heterocycles. The minimum absolute atomic E-state index is 0.224. The molecule has 7 nitrogen and oxygen atoms in total. The number of aryl methyl sites for hydroxylation is 2. The van der Waals surface area contributed by atoms with Gasteiger partial charge in [-0.3, -0.25) is 4.98 Å². The smallest absolute Gasteiger partial charge is 0.322 e. The second-order valence-electron chi connectivity index (χ2n) is 6.60. The SMILES string of the molecule is CCc1nc2cc(NC(=O)N(C)[C@@H](COC)c3ccccn3)ccc2n1CC. The molecule has 0 spiro atoms. The first kappa shape index (κ1) is 19.8. The molecule has 2 amide bonds. The number of hydrogen-bond acceptors (Lipinski definition) is 4. The van der Waals surface area contributed by atoms with Crippen LogP contribution in [-0.4, -0.2) is 46.2 Å². The van der Waals surface area contributed by atoms with E-state index in [2.05, 4.69) is 28.7 Å². The number of likely N-dealkylation sites (N-methyl/N-ethyl adjacent to an activating group) is 1. The Balaban J connectivity index is 1.81. The van der Waals surface area contributed by atoms with Crippen molar-refractivity contribution in [2.75, 3.05) is 26.1 Å². The Morgan fingerprint density at radius 3 is 2.75 bits per heavy atom. The van der Waals surface area contributed by atoms with E-state index in [1.165, 1.54) is 0 Å². The van der Waals surface area contributed by atoms with Gasteiger partial charge in [0.15, 0.2) is 0 Å². The van der Waals surface area contributed by atoms with Crippen LogP contribution in [0.2, 0.25) is 0 Å². The molecule has 7 heteroatoms. The summed E-state index contributed by atoms with van der Waals surface area (Å²) in [5.41, 5.74) is 3.46. The number of carbonyl (C=O) groups excluding carboxylic acids is 1. The molecule has 2 aromatic heterocycles. The first-order valence-electron chi connectivity index (χ1n) is 9.51. The number of anilines is 1. The summed E-state index contributed by atoms with van der Waals surface area (Å²) in [7, 11) is 3.36. The number of carbonyl (C=O) groups is 1. The summed E-state index contributed by atoms with van der Waals surface area (Å²) in [4.78, 5) is 23.5. The molecule has 0 fully saturated rings. The number of urea groups is 1. The van der Waals surface area contributed by atoms with Crippen molar-refractivity contribution in [3.8, 4) is 0 Å². The van der Waals surface area contributed by atoms with E-state index in [9.17, 15) is 4.79 Å². The largest absolute Gasteiger partial charge is 0.382 e. The van der Waals surface area contributed by atoms with Crippen LogP contribution in [0.5, 0.6) is 0 Å². The number of methoxy groups -OCH3 is 1. The van der Waals surface area contributed by atoms with Crippen molar-refractivity contribution in [3.63, 3.8) is 0 Å². The van der Waals surface area contributed by atoms with Crippen LogP contribution in [0.15, 0.2) is 42.6 Å². The summed E-state index contributed by atoms with van der Waals surface area (Å²) >= 11 is 0. The van der Waals surface area contributed by atoms with Gasteiger partial charge in [-0.2, -0.15) is 0 Å². The number of hydrogen-bond donors (Lipinski definition) is 1. The van der Waals surface area contributed by atoms with Gasteiger partial charge in [-0.15, -0.1) is 0 Å². The highest BCUT2D eigenvalue weighted by Gasteiger charge is 2.23. The van der Waals surface area contributed by atoms with Crippen molar-refractivity contribution in [3.05, 3.63) is 54.1 Å². The average molecular weight is 381 g/mol. The molecule has 0 unspecified atom stereocenters. The molecule has 148 valence electrons. The molecule has 28 heavy (non-hydrogen) atoms. The van der Waals surface area contributed by atoms with Crippen LogP contribution in [0.3, 0.4) is 0 Å². The van der Waals surface area contributed by atoms with Crippen LogP contribution in [0.4, 0.5) is 10.5 Å². The van der Waals surface area contributed by atoms with Crippen molar-refractivity contribution in [1.82, 2.24) is 19.4 Å². The number of nitrogens with one attached hydrogen (secondary N) is 1. The van der Waals surface area contributed by atoms with Crippen molar-refractivity contribution < 1.29 is 9.53 Å². The predicted octanol–water partition coefficient (Wildman–Crippen LogP) is 3.87. The standard InChI is InChI=1S/C21H27N5O2/c1-5-20-24-17-13-15(10-11-18(17)26(20)6-2)23-21(27)25(3)19(14-28-4)16-9-7-8-12-22-16/h7-13,19H,5-6,14H2,1-4H3,(H,23,27)/t19-/m0/s1. The third kappa shape index (κ3) is 3.99. The molecule has 0 saturated heterocycles. The Morgan fingerprint density at radius 2 is 2.11 bits per heavy atom. The summed E-state index contributed by atoms with van der Waals surface area (Å²) in [5.74, 6) is 1.05. The van der Waals surface area contributed by atoms with Crippen molar-refractivity contribution >= 4 is 22.8 Å². The number of imidazole rings is 1. The van der Waals surface area contributed by atoms with Gasteiger partial charge in [0.25, 0.3) is 0 Å². The molecule has 0 aliphatic carbocycles. The van der Waals surface area contributed by atoms with Crippen molar-refractivity contribution in [2.24, 2.45) is 0 Å². The van der Waals surface area contributed by atoms with Crippen molar-refractivity contribution in [1.29, 1.82) is 0 Å². The maximum Gasteiger partial charge on any atom is 0.322 e. The number of nitrogens with zero attached hydrogens (tertiary/aromatic N) is 4. The number of benzene rings is 1. The zero-order valence-electron chi connectivity index (χ0n) is 16.8. The Labute approximate surface area is 165 Å². The lowest BCUT2D eigenvalue weighted by atomic mass is 10.2. The van der Waals surface area contributed by atoms with Crippen LogP contribution in [-0.2, 0) is 17.7 Å². The van der Waals surface area contributed by atoms with E-state index in [-0.39, 0.29) is 12.1 Å². The molecule has 1 N–H and O–H groups in total. The molecule has 3 rings (SSSR count). The second-order valence-corrected chi connectivity index (χ2v) is 6.60. The zero-order valence-corrected chi connectivity index (χ0v) is 16.8. The maximum absolute atomic E-state index is 12.8. The third-order valence-corrected chi connectivity index (χ3v) is 4.85. The van der Waals surface area contributed by atoms with Crippen LogP contribution in [0.1, 0.15) is 31.4 Å².